The molecule has 0 bridgehead atoms. The Kier molecular flexibility index (Phi) is 6.52. The van der Waals surface area contributed by atoms with Gasteiger partial charge in [-0.25, -0.2) is 4.98 Å². The minimum Gasteiger partial charge on any atom is -0.494 e. The van der Waals surface area contributed by atoms with Crippen molar-refractivity contribution in [3.8, 4) is 5.75 Å². The molecule has 5 nitrogen and oxygen atoms in total. The number of aryl methyl sites for hydroxylation is 1. The largest absolute Gasteiger partial charge is 0.494 e. The van der Waals surface area contributed by atoms with Gasteiger partial charge in [0.05, 0.1) is 30.2 Å². The number of hydrogen-bond donors (Lipinski definition) is 0. The third kappa shape index (κ3) is 5.00. The van der Waals surface area contributed by atoms with Gasteiger partial charge in [-0.3, -0.25) is 9.36 Å². The normalized spacial score (nSPS) is 16.4. The van der Waals surface area contributed by atoms with Gasteiger partial charge in [-0.2, -0.15) is 0 Å². The Morgan fingerprint density at radius 3 is 2.97 bits per heavy atom. The molecule has 1 aliphatic heterocycles. The van der Waals surface area contributed by atoms with Crippen LogP contribution in [0.15, 0.2) is 58.5 Å². The highest BCUT2D eigenvalue weighted by Gasteiger charge is 2.20. The van der Waals surface area contributed by atoms with Crippen LogP contribution in [0.4, 0.5) is 0 Å². The first-order valence-electron chi connectivity index (χ1n) is 10.1. The van der Waals surface area contributed by atoms with E-state index in [0.29, 0.717) is 18.5 Å². The maximum Gasteiger partial charge on any atom is 0.262 e. The summed E-state index contributed by atoms with van der Waals surface area (Å²) in [5, 5.41) is 1.43. The number of fused-ring (bicyclic) bond motifs is 1. The fourth-order valence-corrected chi connectivity index (χ4v) is 4.45. The van der Waals surface area contributed by atoms with E-state index in [1.165, 1.54) is 5.56 Å². The molecule has 0 amide bonds. The van der Waals surface area contributed by atoms with Gasteiger partial charge in [-0.15, -0.1) is 0 Å². The van der Waals surface area contributed by atoms with Crippen molar-refractivity contribution < 1.29 is 9.47 Å². The van der Waals surface area contributed by atoms with E-state index >= 15 is 0 Å². The average Bonchev–Trinajstić information content (AvgIpc) is 3.24. The molecule has 1 saturated heterocycles. The summed E-state index contributed by atoms with van der Waals surface area (Å²) in [6.45, 7) is 4.04. The predicted molar refractivity (Wildman–Crippen MR) is 117 cm³/mol. The number of para-hydroxylation sites is 1. The van der Waals surface area contributed by atoms with Crippen molar-refractivity contribution in [3.05, 3.63) is 64.4 Å². The van der Waals surface area contributed by atoms with Gasteiger partial charge < -0.3 is 9.47 Å². The van der Waals surface area contributed by atoms with Crippen LogP contribution in [-0.4, -0.2) is 34.6 Å². The molecule has 4 rings (SSSR count). The Morgan fingerprint density at radius 1 is 1.24 bits per heavy atom. The maximum absolute atomic E-state index is 13.1. The second-order valence-electron chi connectivity index (χ2n) is 7.33. The lowest BCUT2D eigenvalue weighted by atomic mass is 10.2. The van der Waals surface area contributed by atoms with Crippen molar-refractivity contribution in [1.29, 1.82) is 0 Å². The average molecular weight is 411 g/mol. The van der Waals surface area contributed by atoms with Crippen molar-refractivity contribution in [2.24, 2.45) is 0 Å². The third-order valence-electron chi connectivity index (χ3n) is 5.01. The number of benzene rings is 2. The molecule has 0 saturated carbocycles. The van der Waals surface area contributed by atoms with Crippen LogP contribution in [0.1, 0.15) is 24.8 Å². The van der Waals surface area contributed by atoms with Crippen LogP contribution in [0.5, 0.6) is 5.75 Å². The van der Waals surface area contributed by atoms with E-state index in [2.05, 4.69) is 13.0 Å². The van der Waals surface area contributed by atoms with Crippen LogP contribution < -0.4 is 10.3 Å². The second kappa shape index (κ2) is 9.46. The summed E-state index contributed by atoms with van der Waals surface area (Å²) in [7, 11) is 0. The molecule has 0 aliphatic carbocycles. The topological polar surface area (TPSA) is 53.3 Å². The fourth-order valence-electron chi connectivity index (χ4n) is 3.53. The van der Waals surface area contributed by atoms with Gasteiger partial charge in [0.2, 0.25) is 0 Å². The molecular weight excluding hydrogens is 384 g/mol. The first-order chi connectivity index (χ1) is 14.2. The third-order valence-corrected chi connectivity index (χ3v) is 6.08. The number of ether oxygens (including phenoxy) is 2. The van der Waals surface area contributed by atoms with E-state index in [9.17, 15) is 4.79 Å². The zero-order valence-electron chi connectivity index (χ0n) is 16.7. The lowest BCUT2D eigenvalue weighted by Gasteiger charge is -2.16. The number of rotatable bonds is 8. The molecule has 6 heteroatoms. The summed E-state index contributed by atoms with van der Waals surface area (Å²) >= 11 is 1.61. The Hall–Kier alpha value is -2.31. The fraction of sp³-hybridized carbons (Fsp3) is 0.391. The molecular formula is C23H26N2O3S. The summed E-state index contributed by atoms with van der Waals surface area (Å²) < 4.78 is 13.4. The quantitative estimate of drug-likeness (QED) is 0.312. The number of thioether (sulfide) groups is 1. The smallest absolute Gasteiger partial charge is 0.262 e. The van der Waals surface area contributed by atoms with Gasteiger partial charge in [-0.1, -0.05) is 36.0 Å². The molecule has 2 aromatic carbocycles. The first kappa shape index (κ1) is 20.0. The molecule has 1 unspecified atom stereocenters. The molecule has 0 radical (unpaired) electrons. The van der Waals surface area contributed by atoms with Crippen molar-refractivity contribution in [2.75, 3.05) is 19.0 Å². The minimum absolute atomic E-state index is 0.0182. The van der Waals surface area contributed by atoms with Crippen LogP contribution in [0.25, 0.3) is 10.9 Å². The van der Waals surface area contributed by atoms with Crippen molar-refractivity contribution in [2.45, 2.75) is 44.0 Å². The SMILES string of the molecule is Cc1cccc(OCCCSc2nc3ccccc3c(=O)n2CC2CCCO2)c1. The number of aromatic nitrogens is 2. The highest BCUT2D eigenvalue weighted by Crippen LogP contribution is 2.22. The molecule has 2 heterocycles. The van der Waals surface area contributed by atoms with E-state index in [1.54, 1.807) is 16.3 Å². The van der Waals surface area contributed by atoms with E-state index in [4.69, 9.17) is 14.5 Å². The molecule has 0 spiro atoms. The van der Waals surface area contributed by atoms with Crippen molar-refractivity contribution >= 4 is 22.7 Å². The van der Waals surface area contributed by atoms with Crippen LogP contribution in [0.3, 0.4) is 0 Å². The van der Waals surface area contributed by atoms with Crippen LogP contribution >= 0.6 is 11.8 Å². The standard InChI is InChI=1S/C23H26N2O3S/c1-17-7-4-8-18(15-17)27-13-6-14-29-23-24-21-11-3-2-10-20(21)22(26)25(23)16-19-9-5-12-28-19/h2-4,7-8,10-11,15,19H,5-6,9,12-14,16H2,1H3. The number of nitrogens with zero attached hydrogens (tertiary/aromatic N) is 2. The van der Waals surface area contributed by atoms with Gasteiger partial charge in [0.25, 0.3) is 5.56 Å². The number of hydrogen-bond acceptors (Lipinski definition) is 5. The van der Waals surface area contributed by atoms with E-state index in [0.717, 1.165) is 48.0 Å². The van der Waals surface area contributed by atoms with E-state index < -0.39 is 0 Å². The Bertz CT molecular complexity index is 1030. The highest BCUT2D eigenvalue weighted by molar-refractivity contribution is 7.99. The summed E-state index contributed by atoms with van der Waals surface area (Å²) in [6.07, 6.45) is 3.02. The maximum atomic E-state index is 13.1. The summed E-state index contributed by atoms with van der Waals surface area (Å²) in [5.41, 5.74) is 1.96. The molecule has 29 heavy (non-hydrogen) atoms. The lowest BCUT2D eigenvalue weighted by Crippen LogP contribution is -2.28. The zero-order valence-corrected chi connectivity index (χ0v) is 17.5. The Morgan fingerprint density at radius 2 is 2.14 bits per heavy atom. The van der Waals surface area contributed by atoms with Crippen molar-refractivity contribution in [1.82, 2.24) is 9.55 Å². The van der Waals surface area contributed by atoms with Gasteiger partial charge in [-0.05, 0) is 56.0 Å². The zero-order chi connectivity index (χ0) is 20.1. The van der Waals surface area contributed by atoms with E-state index in [-0.39, 0.29) is 11.7 Å². The predicted octanol–water partition coefficient (Wildman–Crippen LogP) is 4.45. The molecule has 1 aliphatic rings. The Labute approximate surface area is 175 Å². The molecule has 1 aromatic heterocycles. The molecule has 1 fully saturated rings. The van der Waals surface area contributed by atoms with Crippen LogP contribution in [-0.2, 0) is 11.3 Å². The van der Waals surface area contributed by atoms with Gasteiger partial charge in [0.1, 0.15) is 5.75 Å². The van der Waals surface area contributed by atoms with Crippen molar-refractivity contribution in [3.63, 3.8) is 0 Å². The molecule has 0 N–H and O–H groups in total. The summed E-state index contributed by atoms with van der Waals surface area (Å²) in [5.74, 6) is 1.73. The highest BCUT2D eigenvalue weighted by atomic mass is 32.2. The monoisotopic (exact) mass is 410 g/mol. The summed E-state index contributed by atoms with van der Waals surface area (Å²) in [4.78, 5) is 17.8. The van der Waals surface area contributed by atoms with Crippen LogP contribution in [0, 0.1) is 6.92 Å². The Balaban J connectivity index is 1.44. The molecule has 1 atom stereocenters. The lowest BCUT2D eigenvalue weighted by molar-refractivity contribution is 0.0937. The van der Waals surface area contributed by atoms with E-state index in [1.807, 2.05) is 42.5 Å². The molecule has 3 aromatic rings. The van der Waals surface area contributed by atoms with Crippen LogP contribution in [0.2, 0.25) is 0 Å². The first-order valence-corrected chi connectivity index (χ1v) is 11.1. The van der Waals surface area contributed by atoms with Gasteiger partial charge in [0, 0.05) is 12.4 Å². The molecule has 152 valence electrons. The van der Waals surface area contributed by atoms with Gasteiger partial charge in [0.15, 0.2) is 5.16 Å². The second-order valence-corrected chi connectivity index (χ2v) is 8.39. The summed E-state index contributed by atoms with van der Waals surface area (Å²) in [6, 6.07) is 15.6. The minimum atomic E-state index is 0.0182. The van der Waals surface area contributed by atoms with Gasteiger partial charge >= 0.3 is 0 Å².